The summed E-state index contributed by atoms with van der Waals surface area (Å²) in [6.07, 6.45) is 7.68. The third kappa shape index (κ3) is 4.00. The van der Waals surface area contributed by atoms with E-state index in [1.807, 2.05) is 16.8 Å². The Morgan fingerprint density at radius 1 is 1.24 bits per heavy atom. The minimum atomic E-state index is -0.304. The Morgan fingerprint density at radius 2 is 2.00 bits per heavy atom. The SMILES string of the molecule is COCCN(C)CC(=O)N1CCC2(CCCN(C3CCCC3)C2=O)C1. The number of rotatable bonds is 6. The van der Waals surface area contributed by atoms with Crippen LogP contribution in [0, 0.1) is 5.41 Å². The highest BCUT2D eigenvalue weighted by molar-refractivity contribution is 5.86. The highest BCUT2D eigenvalue weighted by Gasteiger charge is 2.50. The van der Waals surface area contributed by atoms with Crippen LogP contribution in [0.1, 0.15) is 44.9 Å². The molecule has 2 amide bonds. The van der Waals surface area contributed by atoms with E-state index in [1.54, 1.807) is 7.11 Å². The van der Waals surface area contributed by atoms with Crippen LogP contribution >= 0.6 is 0 Å². The average Bonchev–Trinajstić information content (AvgIpc) is 3.26. The lowest BCUT2D eigenvalue weighted by Crippen LogP contribution is -2.53. The van der Waals surface area contributed by atoms with Gasteiger partial charge in [-0.1, -0.05) is 12.8 Å². The molecule has 1 aliphatic carbocycles. The Morgan fingerprint density at radius 3 is 2.72 bits per heavy atom. The van der Waals surface area contributed by atoms with Gasteiger partial charge in [0.25, 0.3) is 0 Å². The molecule has 3 rings (SSSR count). The molecule has 1 unspecified atom stereocenters. The number of likely N-dealkylation sites (tertiary alicyclic amines) is 2. The molecule has 0 aromatic rings. The molecule has 1 spiro atoms. The third-order valence-electron chi connectivity index (χ3n) is 6.32. The summed E-state index contributed by atoms with van der Waals surface area (Å²) in [7, 11) is 3.61. The molecule has 25 heavy (non-hydrogen) atoms. The summed E-state index contributed by atoms with van der Waals surface area (Å²) in [5, 5.41) is 0. The van der Waals surface area contributed by atoms with Crippen LogP contribution in [-0.4, -0.2) is 86.0 Å². The minimum Gasteiger partial charge on any atom is -0.383 e. The molecule has 0 aromatic carbocycles. The smallest absolute Gasteiger partial charge is 0.236 e. The van der Waals surface area contributed by atoms with Gasteiger partial charge in [0, 0.05) is 39.3 Å². The van der Waals surface area contributed by atoms with Crippen LogP contribution in [0.5, 0.6) is 0 Å². The summed E-state index contributed by atoms with van der Waals surface area (Å²) in [5.41, 5.74) is -0.304. The van der Waals surface area contributed by atoms with Gasteiger partial charge in [0.2, 0.25) is 11.8 Å². The predicted molar refractivity (Wildman–Crippen MR) is 96.2 cm³/mol. The number of methoxy groups -OCH3 is 1. The van der Waals surface area contributed by atoms with Gasteiger partial charge in [-0.15, -0.1) is 0 Å². The van der Waals surface area contributed by atoms with Crippen molar-refractivity contribution in [1.29, 1.82) is 0 Å². The van der Waals surface area contributed by atoms with Crippen molar-refractivity contribution >= 4 is 11.8 Å². The van der Waals surface area contributed by atoms with Gasteiger partial charge in [-0.3, -0.25) is 14.5 Å². The summed E-state index contributed by atoms with van der Waals surface area (Å²) in [4.78, 5) is 31.9. The fourth-order valence-electron chi connectivity index (χ4n) is 4.79. The van der Waals surface area contributed by atoms with Gasteiger partial charge < -0.3 is 14.5 Å². The second-order valence-corrected chi connectivity index (χ2v) is 8.12. The first-order valence-corrected chi connectivity index (χ1v) is 9.82. The lowest BCUT2D eigenvalue weighted by Gasteiger charge is -2.42. The summed E-state index contributed by atoms with van der Waals surface area (Å²) < 4.78 is 5.07. The zero-order valence-corrected chi connectivity index (χ0v) is 15.8. The van der Waals surface area contributed by atoms with Crippen molar-refractivity contribution in [3.05, 3.63) is 0 Å². The molecule has 1 atom stereocenters. The number of likely N-dealkylation sites (N-methyl/N-ethyl adjacent to an activating group) is 1. The van der Waals surface area contributed by atoms with Gasteiger partial charge in [-0.25, -0.2) is 0 Å². The monoisotopic (exact) mass is 351 g/mol. The molecule has 2 heterocycles. The van der Waals surface area contributed by atoms with E-state index in [0.29, 0.717) is 31.6 Å². The molecule has 3 aliphatic rings. The zero-order chi connectivity index (χ0) is 17.9. The summed E-state index contributed by atoms with van der Waals surface area (Å²) in [6.45, 7) is 4.03. The van der Waals surface area contributed by atoms with E-state index >= 15 is 0 Å². The molecule has 0 bridgehead atoms. The van der Waals surface area contributed by atoms with Crippen LogP contribution in [0.4, 0.5) is 0 Å². The summed E-state index contributed by atoms with van der Waals surface area (Å²) in [6, 6.07) is 0.453. The van der Waals surface area contributed by atoms with Gasteiger partial charge in [-0.05, 0) is 39.2 Å². The normalized spacial score (nSPS) is 27.9. The van der Waals surface area contributed by atoms with Crippen molar-refractivity contribution in [2.45, 2.75) is 51.0 Å². The van der Waals surface area contributed by atoms with E-state index < -0.39 is 0 Å². The Kier molecular flexibility index (Phi) is 6.00. The van der Waals surface area contributed by atoms with E-state index in [2.05, 4.69) is 4.90 Å². The topological polar surface area (TPSA) is 53.1 Å². The lowest BCUT2D eigenvalue weighted by atomic mass is 9.77. The van der Waals surface area contributed by atoms with Crippen LogP contribution in [0.15, 0.2) is 0 Å². The van der Waals surface area contributed by atoms with Crippen LogP contribution in [0.25, 0.3) is 0 Å². The van der Waals surface area contributed by atoms with Gasteiger partial charge in [0.05, 0.1) is 18.6 Å². The number of ether oxygens (including phenoxy) is 1. The van der Waals surface area contributed by atoms with Crippen LogP contribution < -0.4 is 0 Å². The first-order chi connectivity index (χ1) is 12.1. The first-order valence-electron chi connectivity index (χ1n) is 9.82. The molecular weight excluding hydrogens is 318 g/mol. The standard InChI is InChI=1S/C19H33N3O3/c1-20(12-13-25-2)14-17(23)21-11-9-19(15-21)8-5-10-22(18(19)24)16-6-3-4-7-16/h16H,3-15H2,1-2H3. The van der Waals surface area contributed by atoms with Crippen molar-refractivity contribution in [3.63, 3.8) is 0 Å². The maximum Gasteiger partial charge on any atom is 0.236 e. The Hall–Kier alpha value is -1.14. The zero-order valence-electron chi connectivity index (χ0n) is 15.8. The molecule has 6 heteroatoms. The van der Waals surface area contributed by atoms with Crippen molar-refractivity contribution in [1.82, 2.24) is 14.7 Å². The fraction of sp³-hybridized carbons (Fsp3) is 0.895. The van der Waals surface area contributed by atoms with Crippen molar-refractivity contribution in [2.75, 3.05) is 53.5 Å². The van der Waals surface area contributed by atoms with E-state index in [0.717, 1.165) is 51.7 Å². The maximum absolute atomic E-state index is 13.2. The number of carbonyl (C=O) groups is 2. The number of piperidine rings is 1. The average molecular weight is 351 g/mol. The minimum absolute atomic E-state index is 0.140. The molecule has 0 aromatic heterocycles. The van der Waals surface area contributed by atoms with Crippen LogP contribution in [0.2, 0.25) is 0 Å². The Balaban J connectivity index is 1.58. The van der Waals surface area contributed by atoms with Crippen molar-refractivity contribution in [2.24, 2.45) is 5.41 Å². The number of hydrogen-bond acceptors (Lipinski definition) is 4. The van der Waals surface area contributed by atoms with E-state index in [-0.39, 0.29) is 11.3 Å². The van der Waals surface area contributed by atoms with E-state index in [9.17, 15) is 9.59 Å². The van der Waals surface area contributed by atoms with Gasteiger partial charge in [0.15, 0.2) is 0 Å². The molecule has 3 fully saturated rings. The molecule has 0 N–H and O–H groups in total. The maximum atomic E-state index is 13.2. The van der Waals surface area contributed by atoms with Crippen LogP contribution in [-0.2, 0) is 14.3 Å². The summed E-state index contributed by atoms with van der Waals surface area (Å²) in [5.74, 6) is 0.468. The van der Waals surface area contributed by atoms with E-state index in [4.69, 9.17) is 4.74 Å². The highest BCUT2D eigenvalue weighted by atomic mass is 16.5. The van der Waals surface area contributed by atoms with Gasteiger partial charge in [0.1, 0.15) is 0 Å². The van der Waals surface area contributed by atoms with Gasteiger partial charge >= 0.3 is 0 Å². The molecule has 2 saturated heterocycles. The second-order valence-electron chi connectivity index (χ2n) is 8.12. The third-order valence-corrected chi connectivity index (χ3v) is 6.32. The predicted octanol–water partition coefficient (Wildman–Crippen LogP) is 1.35. The highest BCUT2D eigenvalue weighted by Crippen LogP contribution is 2.42. The molecule has 142 valence electrons. The number of hydrogen-bond donors (Lipinski definition) is 0. The quantitative estimate of drug-likeness (QED) is 0.725. The van der Waals surface area contributed by atoms with Crippen LogP contribution in [0.3, 0.4) is 0 Å². The summed E-state index contributed by atoms with van der Waals surface area (Å²) >= 11 is 0. The number of amides is 2. The van der Waals surface area contributed by atoms with E-state index in [1.165, 1.54) is 12.8 Å². The Bertz CT molecular complexity index is 492. The van der Waals surface area contributed by atoms with Crippen molar-refractivity contribution in [3.8, 4) is 0 Å². The molecular formula is C19H33N3O3. The lowest BCUT2D eigenvalue weighted by molar-refractivity contribution is -0.148. The molecule has 0 radical (unpaired) electrons. The number of nitrogens with zero attached hydrogens (tertiary/aromatic N) is 3. The fourth-order valence-corrected chi connectivity index (χ4v) is 4.79. The largest absolute Gasteiger partial charge is 0.383 e. The van der Waals surface area contributed by atoms with Crippen molar-refractivity contribution < 1.29 is 14.3 Å². The van der Waals surface area contributed by atoms with Gasteiger partial charge in [-0.2, -0.15) is 0 Å². The second kappa shape index (κ2) is 8.04. The molecule has 1 saturated carbocycles. The Labute approximate surface area is 151 Å². The molecule has 6 nitrogen and oxygen atoms in total. The molecule has 2 aliphatic heterocycles. The first kappa shape index (κ1) is 18.6. The number of carbonyl (C=O) groups excluding carboxylic acids is 2.